The van der Waals surface area contributed by atoms with Gasteiger partial charge in [0.05, 0.1) is 25.5 Å². The van der Waals surface area contributed by atoms with Crippen molar-refractivity contribution in [2.45, 2.75) is 6.92 Å². The molecule has 0 unspecified atom stereocenters. The Morgan fingerprint density at radius 3 is 2.15 bits per heavy atom. The molecule has 0 amide bonds. The van der Waals surface area contributed by atoms with Crippen LogP contribution in [0.5, 0.6) is 11.5 Å². The normalized spacial score (nSPS) is 10.9. The Balaban J connectivity index is 2.12. The summed E-state index contributed by atoms with van der Waals surface area (Å²) in [5, 5.41) is 0. The fraction of sp³-hybridized carbons (Fsp3) is 0.130. The molecular formula is C23H23NO2. The van der Waals surface area contributed by atoms with E-state index in [0.29, 0.717) is 11.4 Å². The van der Waals surface area contributed by atoms with Crippen LogP contribution >= 0.6 is 0 Å². The molecule has 0 saturated heterocycles. The molecule has 0 atom stereocenters. The molecule has 26 heavy (non-hydrogen) atoms. The lowest BCUT2D eigenvalue weighted by molar-refractivity contribution is 0.398. The summed E-state index contributed by atoms with van der Waals surface area (Å²) in [5.41, 5.74) is 12.0. The lowest BCUT2D eigenvalue weighted by Gasteiger charge is -2.18. The predicted molar refractivity (Wildman–Crippen MR) is 110 cm³/mol. The topological polar surface area (TPSA) is 44.5 Å². The molecule has 3 rings (SSSR count). The first kappa shape index (κ1) is 17.6. The standard InChI is InChI=1S/C23H23NO2/c1-16-9-12-18(13-10-16)21-20(25-2)15-19(22(24)23(21)26-3)14-11-17-7-5-4-6-8-17/h4-15H,24H2,1-3H3. The van der Waals surface area contributed by atoms with Crippen LogP contribution < -0.4 is 15.2 Å². The highest BCUT2D eigenvalue weighted by molar-refractivity contribution is 5.89. The minimum absolute atomic E-state index is 0.594. The summed E-state index contributed by atoms with van der Waals surface area (Å²) in [6, 6.07) is 20.3. The molecule has 3 heteroatoms. The van der Waals surface area contributed by atoms with Gasteiger partial charge in [-0.3, -0.25) is 0 Å². The maximum Gasteiger partial charge on any atom is 0.153 e. The van der Waals surface area contributed by atoms with Crippen molar-refractivity contribution >= 4 is 17.8 Å². The molecule has 0 spiro atoms. The Morgan fingerprint density at radius 1 is 0.846 bits per heavy atom. The van der Waals surface area contributed by atoms with E-state index in [2.05, 4.69) is 31.2 Å². The molecule has 0 aromatic heterocycles. The zero-order valence-corrected chi connectivity index (χ0v) is 15.3. The van der Waals surface area contributed by atoms with Crippen molar-refractivity contribution in [3.63, 3.8) is 0 Å². The van der Waals surface area contributed by atoms with Crippen molar-refractivity contribution in [1.29, 1.82) is 0 Å². The number of benzene rings is 3. The summed E-state index contributed by atoms with van der Waals surface area (Å²) in [7, 11) is 3.29. The molecular weight excluding hydrogens is 322 g/mol. The van der Waals surface area contributed by atoms with Crippen LogP contribution in [0.1, 0.15) is 16.7 Å². The molecule has 0 heterocycles. The van der Waals surface area contributed by atoms with Crippen molar-refractivity contribution in [3.05, 3.63) is 77.4 Å². The fourth-order valence-electron chi connectivity index (χ4n) is 2.92. The van der Waals surface area contributed by atoms with E-state index in [1.807, 2.05) is 48.6 Å². The average Bonchev–Trinajstić information content (AvgIpc) is 2.68. The molecule has 0 aliphatic heterocycles. The molecule has 0 aliphatic carbocycles. The Hall–Kier alpha value is -3.20. The Bertz CT molecular complexity index is 913. The van der Waals surface area contributed by atoms with E-state index in [9.17, 15) is 0 Å². The number of anilines is 1. The van der Waals surface area contributed by atoms with Gasteiger partial charge in [-0.1, -0.05) is 72.3 Å². The van der Waals surface area contributed by atoms with E-state index in [4.69, 9.17) is 15.2 Å². The van der Waals surface area contributed by atoms with Crippen LogP contribution in [-0.2, 0) is 0 Å². The third-order valence-corrected chi connectivity index (χ3v) is 4.33. The van der Waals surface area contributed by atoms with Crippen LogP contribution in [-0.4, -0.2) is 14.2 Å². The number of methoxy groups -OCH3 is 2. The van der Waals surface area contributed by atoms with Gasteiger partial charge in [-0.2, -0.15) is 0 Å². The number of ether oxygens (including phenoxy) is 2. The first-order valence-corrected chi connectivity index (χ1v) is 8.48. The van der Waals surface area contributed by atoms with E-state index >= 15 is 0 Å². The van der Waals surface area contributed by atoms with E-state index in [1.54, 1.807) is 14.2 Å². The molecule has 0 fully saturated rings. The lowest BCUT2D eigenvalue weighted by Crippen LogP contribution is -2.00. The van der Waals surface area contributed by atoms with Gasteiger partial charge in [0.15, 0.2) is 5.75 Å². The molecule has 3 aromatic carbocycles. The van der Waals surface area contributed by atoms with Gasteiger partial charge in [-0.05, 0) is 24.1 Å². The van der Waals surface area contributed by atoms with E-state index in [0.717, 1.165) is 28.0 Å². The third-order valence-electron chi connectivity index (χ3n) is 4.33. The second-order valence-corrected chi connectivity index (χ2v) is 6.10. The summed E-state index contributed by atoms with van der Waals surface area (Å²) < 4.78 is 11.3. The summed E-state index contributed by atoms with van der Waals surface area (Å²) >= 11 is 0. The number of rotatable bonds is 5. The predicted octanol–water partition coefficient (Wildman–Crippen LogP) is 5.43. The van der Waals surface area contributed by atoms with Gasteiger partial charge in [0.1, 0.15) is 5.75 Å². The molecule has 0 radical (unpaired) electrons. The van der Waals surface area contributed by atoms with Gasteiger partial charge >= 0.3 is 0 Å². The maximum absolute atomic E-state index is 6.42. The third kappa shape index (κ3) is 3.57. The second-order valence-electron chi connectivity index (χ2n) is 6.10. The summed E-state index contributed by atoms with van der Waals surface area (Å²) in [6.45, 7) is 2.06. The van der Waals surface area contributed by atoms with E-state index in [1.165, 1.54) is 5.56 Å². The number of nitrogens with two attached hydrogens (primary N) is 1. The maximum atomic E-state index is 6.42. The summed E-state index contributed by atoms with van der Waals surface area (Å²) in [4.78, 5) is 0. The average molecular weight is 345 g/mol. The first-order valence-electron chi connectivity index (χ1n) is 8.48. The van der Waals surface area contributed by atoms with Crippen molar-refractivity contribution in [3.8, 4) is 22.6 Å². The van der Waals surface area contributed by atoms with Crippen LogP contribution in [0.15, 0.2) is 60.7 Å². The largest absolute Gasteiger partial charge is 0.496 e. The van der Waals surface area contributed by atoms with Crippen molar-refractivity contribution in [2.75, 3.05) is 20.0 Å². The molecule has 3 aromatic rings. The van der Waals surface area contributed by atoms with Gasteiger partial charge in [0.25, 0.3) is 0 Å². The second kappa shape index (κ2) is 7.79. The van der Waals surface area contributed by atoms with Crippen LogP contribution in [0.2, 0.25) is 0 Å². The fourth-order valence-corrected chi connectivity index (χ4v) is 2.92. The molecule has 0 aliphatic rings. The number of aryl methyl sites for hydroxylation is 1. The quantitative estimate of drug-likeness (QED) is 0.495. The van der Waals surface area contributed by atoms with E-state index < -0.39 is 0 Å². The SMILES string of the molecule is COc1cc(C=Cc2ccccc2)c(N)c(OC)c1-c1ccc(C)cc1. The molecule has 2 N–H and O–H groups in total. The molecule has 0 saturated carbocycles. The van der Waals surface area contributed by atoms with E-state index in [-0.39, 0.29) is 0 Å². The smallest absolute Gasteiger partial charge is 0.153 e. The highest BCUT2D eigenvalue weighted by atomic mass is 16.5. The van der Waals surface area contributed by atoms with Gasteiger partial charge in [-0.15, -0.1) is 0 Å². The monoisotopic (exact) mass is 345 g/mol. The minimum Gasteiger partial charge on any atom is -0.496 e. The van der Waals surface area contributed by atoms with Crippen LogP contribution in [0.25, 0.3) is 23.3 Å². The zero-order chi connectivity index (χ0) is 18.5. The lowest BCUT2D eigenvalue weighted by atomic mass is 9.98. The summed E-state index contributed by atoms with van der Waals surface area (Å²) in [6.07, 6.45) is 4.00. The van der Waals surface area contributed by atoms with Gasteiger partial charge in [-0.25, -0.2) is 0 Å². The highest BCUT2D eigenvalue weighted by Gasteiger charge is 2.18. The van der Waals surface area contributed by atoms with Crippen molar-refractivity contribution < 1.29 is 9.47 Å². The van der Waals surface area contributed by atoms with Crippen molar-refractivity contribution in [1.82, 2.24) is 0 Å². The molecule has 3 nitrogen and oxygen atoms in total. The minimum atomic E-state index is 0.594. The first-order chi connectivity index (χ1) is 12.6. The van der Waals surface area contributed by atoms with Gasteiger partial charge in [0, 0.05) is 5.56 Å². The number of hydrogen-bond donors (Lipinski definition) is 1. The van der Waals surface area contributed by atoms with Crippen molar-refractivity contribution in [2.24, 2.45) is 0 Å². The molecule has 132 valence electrons. The van der Waals surface area contributed by atoms with Crippen LogP contribution in [0, 0.1) is 6.92 Å². The zero-order valence-electron chi connectivity index (χ0n) is 15.3. The Labute approximate surface area is 154 Å². The highest BCUT2D eigenvalue weighted by Crippen LogP contribution is 2.44. The Morgan fingerprint density at radius 2 is 1.54 bits per heavy atom. The Kier molecular flexibility index (Phi) is 5.28. The van der Waals surface area contributed by atoms with Gasteiger partial charge < -0.3 is 15.2 Å². The molecule has 0 bridgehead atoms. The van der Waals surface area contributed by atoms with Crippen LogP contribution in [0.4, 0.5) is 5.69 Å². The van der Waals surface area contributed by atoms with Gasteiger partial charge in [0.2, 0.25) is 0 Å². The number of hydrogen-bond acceptors (Lipinski definition) is 3. The summed E-state index contributed by atoms with van der Waals surface area (Å²) in [5.74, 6) is 1.36. The number of nitrogen functional groups attached to an aromatic ring is 1. The van der Waals surface area contributed by atoms with Crippen LogP contribution in [0.3, 0.4) is 0 Å².